The van der Waals surface area contributed by atoms with Crippen LogP contribution in [0.2, 0.25) is 0 Å². The van der Waals surface area contributed by atoms with E-state index >= 15 is 0 Å². The van der Waals surface area contributed by atoms with Gasteiger partial charge >= 0.3 is 7.12 Å². The van der Waals surface area contributed by atoms with Crippen LogP contribution in [-0.4, -0.2) is 23.3 Å². The normalized spacial score (nSPS) is 20.6. The van der Waals surface area contributed by atoms with Crippen molar-refractivity contribution >= 4 is 12.6 Å². The van der Waals surface area contributed by atoms with Gasteiger partial charge in [-0.15, -0.1) is 6.58 Å². The molecule has 0 saturated carbocycles. The molecule has 2 rings (SSSR count). The van der Waals surface area contributed by atoms with Gasteiger partial charge in [0.2, 0.25) is 5.95 Å². The van der Waals surface area contributed by atoms with E-state index in [2.05, 4.69) is 11.6 Å². The molecule has 0 atom stereocenters. The average Bonchev–Trinajstić information content (AvgIpc) is 2.51. The number of halogens is 1. The molecule has 0 radical (unpaired) electrons. The summed E-state index contributed by atoms with van der Waals surface area (Å²) in [7, 11) is -0.572. The quantitative estimate of drug-likeness (QED) is 0.476. The lowest BCUT2D eigenvalue weighted by atomic mass is 9.76. The second-order valence-corrected chi connectivity index (χ2v) is 5.79. The Kier molecular flexibility index (Phi) is 3.54. The third-order valence-corrected chi connectivity index (χ3v) is 3.86. The molecule has 0 N–H and O–H groups in total. The molecule has 0 amide bonds. The Morgan fingerprint density at radius 3 is 2.42 bits per heavy atom. The molecular formula is C14H19BFNO2. The summed E-state index contributed by atoms with van der Waals surface area (Å²) in [6, 6.07) is 1.38. The van der Waals surface area contributed by atoms with Crippen LogP contribution in [0, 0.1) is 5.95 Å². The van der Waals surface area contributed by atoms with Crippen LogP contribution >= 0.6 is 0 Å². The Labute approximate surface area is 114 Å². The summed E-state index contributed by atoms with van der Waals surface area (Å²) in [5.74, 6) is -0.530. The van der Waals surface area contributed by atoms with E-state index < -0.39 is 24.3 Å². The monoisotopic (exact) mass is 263 g/mol. The van der Waals surface area contributed by atoms with E-state index in [-0.39, 0.29) is 0 Å². The molecule has 0 spiro atoms. The Hall–Kier alpha value is -1.20. The maximum absolute atomic E-state index is 13.4. The van der Waals surface area contributed by atoms with Gasteiger partial charge in [-0.3, -0.25) is 0 Å². The molecule has 0 aliphatic carbocycles. The molecule has 3 nitrogen and oxygen atoms in total. The van der Waals surface area contributed by atoms with E-state index in [1.54, 1.807) is 6.08 Å². The minimum Gasteiger partial charge on any atom is -0.399 e. The molecule has 1 saturated heterocycles. The van der Waals surface area contributed by atoms with Gasteiger partial charge in [-0.1, -0.05) is 6.08 Å². The number of nitrogens with zero attached hydrogens (tertiary/aromatic N) is 1. The van der Waals surface area contributed by atoms with Crippen molar-refractivity contribution in [2.24, 2.45) is 0 Å². The summed E-state index contributed by atoms with van der Waals surface area (Å²) in [6.07, 6.45) is 3.87. The molecular weight excluding hydrogens is 244 g/mol. The fourth-order valence-corrected chi connectivity index (χ4v) is 1.99. The first kappa shape index (κ1) is 14.2. The van der Waals surface area contributed by atoms with Gasteiger partial charge in [-0.25, -0.2) is 4.98 Å². The zero-order chi connectivity index (χ0) is 14.3. The van der Waals surface area contributed by atoms with Crippen LogP contribution < -0.4 is 5.46 Å². The highest BCUT2D eigenvalue weighted by Gasteiger charge is 2.52. The molecule has 1 aliphatic rings. The van der Waals surface area contributed by atoms with Gasteiger partial charge < -0.3 is 9.31 Å². The predicted molar refractivity (Wildman–Crippen MR) is 73.8 cm³/mol. The van der Waals surface area contributed by atoms with E-state index in [1.807, 2.05) is 27.7 Å². The maximum atomic E-state index is 13.4. The lowest BCUT2D eigenvalue weighted by molar-refractivity contribution is 0.00578. The number of hydrogen-bond acceptors (Lipinski definition) is 3. The second kappa shape index (κ2) is 4.73. The van der Waals surface area contributed by atoms with Crippen LogP contribution in [0.5, 0.6) is 0 Å². The fraction of sp³-hybridized carbons (Fsp3) is 0.500. The van der Waals surface area contributed by atoms with Crippen molar-refractivity contribution < 1.29 is 13.7 Å². The van der Waals surface area contributed by atoms with Gasteiger partial charge in [0.25, 0.3) is 0 Å². The summed E-state index contributed by atoms with van der Waals surface area (Å²) in [6.45, 7) is 11.6. The number of rotatable bonds is 3. The molecule has 5 heteroatoms. The summed E-state index contributed by atoms with van der Waals surface area (Å²) in [5.41, 5.74) is 0.673. The summed E-state index contributed by atoms with van der Waals surface area (Å²) < 4.78 is 25.3. The van der Waals surface area contributed by atoms with Crippen molar-refractivity contribution in [3.8, 4) is 0 Å². The Morgan fingerprint density at radius 2 is 1.89 bits per heavy atom. The first-order chi connectivity index (χ1) is 8.77. The minimum absolute atomic E-state index is 0.442. The predicted octanol–water partition coefficient (Wildman–Crippen LogP) is 2.25. The molecule has 0 bridgehead atoms. The van der Waals surface area contributed by atoms with E-state index in [9.17, 15) is 4.39 Å². The van der Waals surface area contributed by atoms with E-state index in [0.717, 1.165) is 5.56 Å². The highest BCUT2D eigenvalue weighted by atomic mass is 19.1. The largest absolute Gasteiger partial charge is 0.495 e. The summed E-state index contributed by atoms with van der Waals surface area (Å²) in [4.78, 5) is 3.68. The van der Waals surface area contributed by atoms with Gasteiger partial charge in [0.1, 0.15) is 0 Å². The molecule has 1 aromatic rings. The summed E-state index contributed by atoms with van der Waals surface area (Å²) in [5, 5.41) is 0. The van der Waals surface area contributed by atoms with Crippen LogP contribution in [-0.2, 0) is 15.7 Å². The van der Waals surface area contributed by atoms with Crippen molar-refractivity contribution in [2.45, 2.75) is 45.3 Å². The molecule has 1 aromatic heterocycles. The molecule has 1 fully saturated rings. The second-order valence-electron chi connectivity index (χ2n) is 5.79. The molecule has 19 heavy (non-hydrogen) atoms. The molecule has 1 aliphatic heterocycles. The topological polar surface area (TPSA) is 31.4 Å². The highest BCUT2D eigenvalue weighted by molar-refractivity contribution is 6.62. The van der Waals surface area contributed by atoms with Crippen molar-refractivity contribution in [3.05, 3.63) is 36.4 Å². The molecule has 2 heterocycles. The first-order valence-corrected chi connectivity index (χ1v) is 6.38. The minimum atomic E-state index is -0.572. The van der Waals surface area contributed by atoms with Crippen LogP contribution in [0.25, 0.3) is 0 Å². The fourth-order valence-electron chi connectivity index (χ4n) is 1.99. The Morgan fingerprint density at radius 1 is 1.32 bits per heavy atom. The van der Waals surface area contributed by atoms with Gasteiger partial charge in [0, 0.05) is 6.20 Å². The lowest BCUT2D eigenvalue weighted by Gasteiger charge is -2.32. The Bertz CT molecular complexity index is 486. The highest BCUT2D eigenvalue weighted by Crippen LogP contribution is 2.36. The van der Waals surface area contributed by atoms with E-state index in [1.165, 1.54) is 12.3 Å². The van der Waals surface area contributed by atoms with Crippen molar-refractivity contribution in [1.29, 1.82) is 0 Å². The third-order valence-electron chi connectivity index (χ3n) is 3.86. The van der Waals surface area contributed by atoms with E-state index in [0.29, 0.717) is 11.9 Å². The molecule has 102 valence electrons. The zero-order valence-electron chi connectivity index (χ0n) is 11.9. The Balaban J connectivity index is 2.38. The van der Waals surface area contributed by atoms with Gasteiger partial charge in [0.15, 0.2) is 0 Å². The zero-order valence-corrected chi connectivity index (χ0v) is 11.9. The number of pyridine rings is 1. The molecule has 0 unspecified atom stereocenters. The van der Waals surface area contributed by atoms with Gasteiger partial charge in [-0.05, 0) is 51.2 Å². The number of aromatic nitrogens is 1. The van der Waals surface area contributed by atoms with Crippen molar-refractivity contribution in [1.82, 2.24) is 4.98 Å². The van der Waals surface area contributed by atoms with Gasteiger partial charge in [-0.2, -0.15) is 4.39 Å². The van der Waals surface area contributed by atoms with Crippen LogP contribution in [0.1, 0.15) is 33.3 Å². The standard InChI is InChI=1S/C14H19BFNO2/c1-6-7-10-9-17-12(16)8-11(10)15-18-13(2,3)14(4,5)19-15/h6,8-9H,1,7H2,2-5H3. The van der Waals surface area contributed by atoms with Gasteiger partial charge in [0.05, 0.1) is 11.2 Å². The average molecular weight is 263 g/mol. The van der Waals surface area contributed by atoms with Crippen molar-refractivity contribution in [3.63, 3.8) is 0 Å². The van der Waals surface area contributed by atoms with Crippen molar-refractivity contribution in [2.75, 3.05) is 0 Å². The first-order valence-electron chi connectivity index (χ1n) is 6.38. The number of allylic oxidation sites excluding steroid dienone is 1. The lowest BCUT2D eigenvalue weighted by Crippen LogP contribution is -2.41. The van der Waals surface area contributed by atoms with E-state index in [4.69, 9.17) is 9.31 Å². The SMILES string of the molecule is C=CCc1cnc(F)cc1B1OC(C)(C)C(C)(C)O1. The van der Waals surface area contributed by atoms with Crippen LogP contribution in [0.15, 0.2) is 24.9 Å². The molecule has 0 aromatic carbocycles. The maximum Gasteiger partial charge on any atom is 0.495 e. The summed E-state index contributed by atoms with van der Waals surface area (Å²) >= 11 is 0. The smallest absolute Gasteiger partial charge is 0.399 e. The van der Waals surface area contributed by atoms with Crippen LogP contribution in [0.3, 0.4) is 0 Å². The number of hydrogen-bond donors (Lipinski definition) is 0. The third kappa shape index (κ3) is 2.58. The van der Waals surface area contributed by atoms with Crippen LogP contribution in [0.4, 0.5) is 4.39 Å².